The molecule has 0 aliphatic carbocycles. The summed E-state index contributed by atoms with van der Waals surface area (Å²) in [5.41, 5.74) is 2.94. The van der Waals surface area contributed by atoms with Crippen molar-refractivity contribution < 1.29 is 14.3 Å². The van der Waals surface area contributed by atoms with Crippen LogP contribution in [0.2, 0.25) is 5.02 Å². The lowest BCUT2D eigenvalue weighted by atomic mass is 9.95. The van der Waals surface area contributed by atoms with E-state index in [4.69, 9.17) is 16.3 Å². The zero-order valence-corrected chi connectivity index (χ0v) is 17.0. The van der Waals surface area contributed by atoms with Gasteiger partial charge in [0.25, 0.3) is 0 Å². The number of carbonyl (C=O) groups excluding carboxylic acids is 2. The molecule has 0 bridgehead atoms. The van der Waals surface area contributed by atoms with Crippen LogP contribution < -0.4 is 10.6 Å². The molecule has 2 aromatic rings. The molecule has 1 aliphatic heterocycles. The number of urea groups is 1. The first kappa shape index (κ1) is 20.3. The fourth-order valence-corrected chi connectivity index (χ4v) is 4.02. The normalized spacial score (nSPS) is 16.4. The summed E-state index contributed by atoms with van der Waals surface area (Å²) in [5, 5.41) is 6.19. The monoisotopic (exact) mass is 416 g/mol. The number of halogens is 1. The Morgan fingerprint density at radius 2 is 1.82 bits per heavy atom. The maximum atomic E-state index is 12.7. The maximum absolute atomic E-state index is 12.7. The second-order valence-corrected chi connectivity index (χ2v) is 7.60. The van der Waals surface area contributed by atoms with E-state index in [0.717, 1.165) is 11.3 Å². The van der Waals surface area contributed by atoms with Gasteiger partial charge in [-0.05, 0) is 30.2 Å². The fourth-order valence-electron chi connectivity index (χ4n) is 2.93. The van der Waals surface area contributed by atoms with Crippen LogP contribution in [0.5, 0.6) is 0 Å². The van der Waals surface area contributed by atoms with Crippen LogP contribution in [0.1, 0.15) is 24.1 Å². The number of hydrogen-bond acceptors (Lipinski definition) is 4. The molecule has 5 nitrogen and oxygen atoms in total. The first-order valence-electron chi connectivity index (χ1n) is 8.93. The van der Waals surface area contributed by atoms with Crippen molar-refractivity contribution in [3.8, 4) is 0 Å². The highest BCUT2D eigenvalue weighted by atomic mass is 35.5. The molecule has 1 aliphatic rings. The fraction of sp³-hybridized carbons (Fsp3) is 0.238. The van der Waals surface area contributed by atoms with E-state index >= 15 is 0 Å². The van der Waals surface area contributed by atoms with Crippen LogP contribution in [0.25, 0.3) is 0 Å². The topological polar surface area (TPSA) is 67.4 Å². The van der Waals surface area contributed by atoms with Gasteiger partial charge in [0.05, 0.1) is 18.2 Å². The number of esters is 1. The Balaban J connectivity index is 1.87. The highest BCUT2D eigenvalue weighted by Gasteiger charge is 2.33. The van der Waals surface area contributed by atoms with Crippen LogP contribution in [0.3, 0.4) is 0 Å². The van der Waals surface area contributed by atoms with Gasteiger partial charge in [0.15, 0.2) is 0 Å². The quantitative estimate of drug-likeness (QED) is 0.654. The van der Waals surface area contributed by atoms with Crippen LogP contribution in [0.4, 0.5) is 4.79 Å². The molecule has 146 valence electrons. The van der Waals surface area contributed by atoms with E-state index in [1.54, 1.807) is 43.0 Å². The molecule has 2 N–H and O–H groups in total. The minimum atomic E-state index is -0.586. The minimum Gasteiger partial charge on any atom is -0.463 e. The molecule has 0 saturated heterocycles. The van der Waals surface area contributed by atoms with E-state index in [9.17, 15) is 9.59 Å². The summed E-state index contributed by atoms with van der Waals surface area (Å²) in [4.78, 5) is 24.9. The predicted octanol–water partition coefficient (Wildman–Crippen LogP) is 4.44. The van der Waals surface area contributed by atoms with Crippen molar-refractivity contribution in [2.45, 2.75) is 18.7 Å². The van der Waals surface area contributed by atoms with Gasteiger partial charge in [0, 0.05) is 22.2 Å². The summed E-state index contributed by atoms with van der Waals surface area (Å²) in [6.07, 6.45) is 0. The molecular weight excluding hydrogens is 396 g/mol. The first-order chi connectivity index (χ1) is 13.6. The van der Waals surface area contributed by atoms with Gasteiger partial charge in [-0.1, -0.05) is 54.1 Å². The molecule has 0 aromatic heterocycles. The molecule has 28 heavy (non-hydrogen) atoms. The summed E-state index contributed by atoms with van der Waals surface area (Å²) in [5.74, 6) is 0.820. The summed E-state index contributed by atoms with van der Waals surface area (Å²) in [6.45, 7) is 2.02. The average molecular weight is 417 g/mol. The molecule has 0 unspecified atom stereocenters. The Morgan fingerprint density at radius 3 is 2.50 bits per heavy atom. The number of thioether (sulfide) groups is 1. The highest BCUT2D eigenvalue weighted by molar-refractivity contribution is 7.98. The van der Waals surface area contributed by atoms with Gasteiger partial charge in [-0.2, -0.15) is 11.8 Å². The molecular formula is C21H21ClN2O3S. The van der Waals surface area contributed by atoms with E-state index in [1.807, 2.05) is 30.3 Å². The molecule has 2 amide bonds. The van der Waals surface area contributed by atoms with E-state index in [1.165, 1.54) is 5.56 Å². The molecule has 0 spiro atoms. The number of rotatable bonds is 7. The molecule has 3 rings (SSSR count). The Labute approximate surface area is 173 Å². The van der Waals surface area contributed by atoms with Gasteiger partial charge in [-0.25, -0.2) is 9.59 Å². The SMILES string of the molecule is CCOC(=O)C1=C(CSCc2ccccc2)NC(=O)N[C@@H]1c1ccc(Cl)cc1. The number of nitrogens with one attached hydrogen (secondary N) is 2. The third-order valence-electron chi connectivity index (χ3n) is 4.21. The number of hydrogen-bond donors (Lipinski definition) is 2. The zero-order valence-electron chi connectivity index (χ0n) is 15.4. The zero-order chi connectivity index (χ0) is 19.9. The summed E-state index contributed by atoms with van der Waals surface area (Å²) < 4.78 is 5.26. The van der Waals surface area contributed by atoms with Crippen molar-refractivity contribution in [1.29, 1.82) is 0 Å². The van der Waals surface area contributed by atoms with Gasteiger partial charge in [0.2, 0.25) is 0 Å². The lowest BCUT2D eigenvalue weighted by Crippen LogP contribution is -2.46. The van der Waals surface area contributed by atoms with Crippen LogP contribution in [0.15, 0.2) is 65.9 Å². The second kappa shape index (κ2) is 9.66. The van der Waals surface area contributed by atoms with Crippen molar-refractivity contribution in [1.82, 2.24) is 10.6 Å². The maximum Gasteiger partial charge on any atom is 0.338 e. The molecule has 2 aromatic carbocycles. The van der Waals surface area contributed by atoms with Crippen molar-refractivity contribution in [2.24, 2.45) is 0 Å². The van der Waals surface area contributed by atoms with E-state index in [-0.39, 0.29) is 12.6 Å². The van der Waals surface area contributed by atoms with Crippen molar-refractivity contribution in [2.75, 3.05) is 12.4 Å². The van der Waals surface area contributed by atoms with Crippen molar-refractivity contribution in [3.05, 3.63) is 82.0 Å². The molecule has 1 atom stereocenters. The first-order valence-corrected chi connectivity index (χ1v) is 10.5. The number of benzene rings is 2. The molecule has 0 radical (unpaired) electrons. The Bertz CT molecular complexity index is 869. The van der Waals surface area contributed by atoms with Gasteiger partial charge >= 0.3 is 12.0 Å². The Kier molecular flexibility index (Phi) is 7.01. The average Bonchev–Trinajstić information content (AvgIpc) is 2.69. The largest absolute Gasteiger partial charge is 0.463 e. The third kappa shape index (κ3) is 5.09. The molecule has 0 fully saturated rings. The molecule has 0 saturated carbocycles. The summed E-state index contributed by atoms with van der Waals surface area (Å²) >= 11 is 7.60. The molecule has 7 heteroatoms. The van der Waals surface area contributed by atoms with Crippen LogP contribution >= 0.6 is 23.4 Å². The predicted molar refractivity (Wildman–Crippen MR) is 112 cm³/mol. The van der Waals surface area contributed by atoms with Gasteiger partial charge in [-0.15, -0.1) is 0 Å². The Hall–Kier alpha value is -2.44. The summed E-state index contributed by atoms with van der Waals surface area (Å²) in [7, 11) is 0. The van der Waals surface area contributed by atoms with E-state index in [0.29, 0.717) is 22.0 Å². The number of amides is 2. The standard InChI is InChI=1S/C21H21ClN2O3S/c1-2-27-20(25)18-17(13-28-12-14-6-4-3-5-7-14)23-21(26)24-19(18)15-8-10-16(22)11-9-15/h3-11,19H,2,12-13H2,1H3,(H2,23,24,26)/t19-/m1/s1. The molecule has 1 heterocycles. The van der Waals surface area contributed by atoms with E-state index in [2.05, 4.69) is 10.6 Å². The van der Waals surface area contributed by atoms with Gasteiger partial charge in [-0.3, -0.25) is 0 Å². The smallest absolute Gasteiger partial charge is 0.338 e. The van der Waals surface area contributed by atoms with Crippen molar-refractivity contribution >= 4 is 35.4 Å². The van der Waals surface area contributed by atoms with Gasteiger partial charge < -0.3 is 15.4 Å². The lowest BCUT2D eigenvalue weighted by molar-refractivity contribution is -0.139. The minimum absolute atomic E-state index is 0.258. The van der Waals surface area contributed by atoms with Gasteiger partial charge in [0.1, 0.15) is 0 Å². The third-order valence-corrected chi connectivity index (χ3v) is 5.49. The van der Waals surface area contributed by atoms with E-state index < -0.39 is 12.0 Å². The summed E-state index contributed by atoms with van der Waals surface area (Å²) in [6, 6.07) is 16.2. The van der Waals surface area contributed by atoms with Crippen LogP contribution in [0, 0.1) is 0 Å². The number of ether oxygens (including phenoxy) is 1. The lowest BCUT2D eigenvalue weighted by Gasteiger charge is -2.29. The Morgan fingerprint density at radius 1 is 1.11 bits per heavy atom. The second-order valence-electron chi connectivity index (χ2n) is 6.17. The van der Waals surface area contributed by atoms with Crippen LogP contribution in [-0.2, 0) is 15.3 Å². The van der Waals surface area contributed by atoms with Crippen molar-refractivity contribution in [3.63, 3.8) is 0 Å². The van der Waals surface area contributed by atoms with Crippen LogP contribution in [-0.4, -0.2) is 24.4 Å². The number of carbonyl (C=O) groups is 2. The highest BCUT2D eigenvalue weighted by Crippen LogP contribution is 2.30.